The molecule has 1 rings (SSSR count). The van der Waals surface area contributed by atoms with Crippen molar-refractivity contribution in [2.24, 2.45) is 5.92 Å². The smallest absolute Gasteiger partial charge is 0.317 e. The molecule has 1 fully saturated rings. The van der Waals surface area contributed by atoms with Gasteiger partial charge in [0, 0.05) is 25.6 Å². The number of rotatable bonds is 6. The summed E-state index contributed by atoms with van der Waals surface area (Å²) in [5, 5.41) is 11.8. The number of thioether (sulfide) groups is 1. The zero-order valence-corrected chi connectivity index (χ0v) is 12.5. The van der Waals surface area contributed by atoms with Crippen molar-refractivity contribution in [3.8, 4) is 0 Å². The van der Waals surface area contributed by atoms with Crippen molar-refractivity contribution < 1.29 is 14.7 Å². The van der Waals surface area contributed by atoms with Crippen LogP contribution in [-0.2, 0) is 4.79 Å². The Balaban J connectivity index is 2.37. The van der Waals surface area contributed by atoms with Crippen molar-refractivity contribution in [3.05, 3.63) is 0 Å². The van der Waals surface area contributed by atoms with Crippen LogP contribution in [0.2, 0.25) is 0 Å². The van der Waals surface area contributed by atoms with Gasteiger partial charge in [-0.2, -0.15) is 11.8 Å². The number of hydrogen-bond acceptors (Lipinski definition) is 3. The molecule has 19 heavy (non-hydrogen) atoms. The second-order valence-electron chi connectivity index (χ2n) is 5.18. The molecular formula is C13H24N2O3S. The van der Waals surface area contributed by atoms with Crippen LogP contribution in [0.25, 0.3) is 0 Å². The normalized spacial score (nSPS) is 20.9. The molecule has 2 amide bonds. The maximum absolute atomic E-state index is 12.1. The monoisotopic (exact) mass is 288 g/mol. The van der Waals surface area contributed by atoms with Crippen molar-refractivity contribution in [2.45, 2.75) is 38.6 Å². The molecule has 0 aromatic rings. The van der Waals surface area contributed by atoms with Crippen LogP contribution in [0.4, 0.5) is 4.79 Å². The Morgan fingerprint density at radius 3 is 2.89 bits per heavy atom. The molecule has 1 saturated heterocycles. The van der Waals surface area contributed by atoms with Gasteiger partial charge in [0.15, 0.2) is 0 Å². The second-order valence-corrected chi connectivity index (χ2v) is 6.17. The van der Waals surface area contributed by atoms with E-state index in [-0.39, 0.29) is 24.4 Å². The van der Waals surface area contributed by atoms with E-state index in [0.29, 0.717) is 6.54 Å². The topological polar surface area (TPSA) is 69.6 Å². The first-order valence-electron chi connectivity index (χ1n) is 6.79. The molecule has 0 aromatic carbocycles. The van der Waals surface area contributed by atoms with Gasteiger partial charge < -0.3 is 15.3 Å². The highest BCUT2D eigenvalue weighted by atomic mass is 32.2. The Labute approximate surface area is 119 Å². The number of carboxylic acids is 1. The predicted octanol–water partition coefficient (Wildman–Crippen LogP) is 2.02. The molecule has 0 aliphatic carbocycles. The molecule has 0 bridgehead atoms. The van der Waals surface area contributed by atoms with Crippen LogP contribution in [-0.4, -0.2) is 53.1 Å². The highest BCUT2D eigenvalue weighted by Gasteiger charge is 2.25. The molecule has 0 radical (unpaired) electrons. The summed E-state index contributed by atoms with van der Waals surface area (Å²) in [6, 6.07) is 0.114. The summed E-state index contributed by atoms with van der Waals surface area (Å²) >= 11 is 1.77. The van der Waals surface area contributed by atoms with Crippen LogP contribution in [0.5, 0.6) is 0 Å². The lowest BCUT2D eigenvalue weighted by atomic mass is 9.95. The van der Waals surface area contributed by atoms with E-state index in [0.717, 1.165) is 31.6 Å². The number of carboxylic acid groups (broad SMARTS) is 1. The number of nitrogens with one attached hydrogen (secondary N) is 1. The van der Waals surface area contributed by atoms with Gasteiger partial charge in [0.25, 0.3) is 0 Å². The van der Waals surface area contributed by atoms with E-state index >= 15 is 0 Å². The molecule has 2 unspecified atom stereocenters. The first-order valence-corrected chi connectivity index (χ1v) is 8.18. The standard InChI is InChI=1S/C13H24N2O3S/c1-10(5-7-19-2)14-13(18)15-6-3-4-11(9-15)8-12(16)17/h10-11H,3-9H2,1-2H3,(H,14,18)(H,16,17). The Hall–Kier alpha value is -0.910. The average Bonchev–Trinajstić information content (AvgIpc) is 2.35. The number of nitrogens with zero attached hydrogens (tertiary/aromatic N) is 1. The summed E-state index contributed by atoms with van der Waals surface area (Å²) in [6.45, 7) is 3.30. The molecule has 110 valence electrons. The minimum atomic E-state index is -0.777. The van der Waals surface area contributed by atoms with E-state index < -0.39 is 5.97 Å². The van der Waals surface area contributed by atoms with Crippen LogP contribution in [0.1, 0.15) is 32.6 Å². The number of amides is 2. The first kappa shape index (κ1) is 16.1. The summed E-state index contributed by atoms with van der Waals surface area (Å²) in [6.07, 6.45) is 4.96. The van der Waals surface area contributed by atoms with Gasteiger partial charge in [-0.1, -0.05) is 0 Å². The van der Waals surface area contributed by atoms with Gasteiger partial charge >= 0.3 is 12.0 Å². The number of aliphatic carboxylic acids is 1. The first-order chi connectivity index (χ1) is 9.02. The SMILES string of the molecule is CSCCC(C)NC(=O)N1CCCC(CC(=O)O)C1. The number of hydrogen-bond donors (Lipinski definition) is 2. The number of likely N-dealkylation sites (tertiary alicyclic amines) is 1. The molecule has 0 aromatic heterocycles. The van der Waals surface area contributed by atoms with E-state index in [2.05, 4.69) is 11.6 Å². The summed E-state index contributed by atoms with van der Waals surface area (Å²) in [5.41, 5.74) is 0. The third-order valence-corrected chi connectivity index (χ3v) is 4.04. The van der Waals surface area contributed by atoms with Crippen molar-refractivity contribution in [3.63, 3.8) is 0 Å². The maximum Gasteiger partial charge on any atom is 0.317 e. The van der Waals surface area contributed by atoms with Crippen molar-refractivity contribution in [1.82, 2.24) is 10.2 Å². The van der Waals surface area contributed by atoms with Gasteiger partial charge in [-0.3, -0.25) is 4.79 Å². The Kier molecular flexibility index (Phi) is 7.05. The van der Waals surface area contributed by atoms with Gasteiger partial charge in [-0.15, -0.1) is 0 Å². The predicted molar refractivity (Wildman–Crippen MR) is 77.5 cm³/mol. The van der Waals surface area contributed by atoms with E-state index in [4.69, 9.17) is 5.11 Å². The highest BCUT2D eigenvalue weighted by Crippen LogP contribution is 2.19. The van der Waals surface area contributed by atoms with Gasteiger partial charge in [0.2, 0.25) is 0 Å². The Morgan fingerprint density at radius 2 is 2.26 bits per heavy atom. The van der Waals surface area contributed by atoms with E-state index in [1.54, 1.807) is 16.7 Å². The van der Waals surface area contributed by atoms with Crippen LogP contribution in [0, 0.1) is 5.92 Å². The van der Waals surface area contributed by atoms with E-state index in [1.165, 1.54) is 0 Å². The zero-order chi connectivity index (χ0) is 14.3. The lowest BCUT2D eigenvalue weighted by molar-refractivity contribution is -0.138. The Morgan fingerprint density at radius 1 is 1.53 bits per heavy atom. The number of urea groups is 1. The molecular weight excluding hydrogens is 264 g/mol. The average molecular weight is 288 g/mol. The van der Waals surface area contributed by atoms with E-state index in [9.17, 15) is 9.59 Å². The van der Waals surface area contributed by atoms with Gasteiger partial charge in [0.05, 0.1) is 0 Å². The molecule has 1 aliphatic rings. The van der Waals surface area contributed by atoms with Crippen LogP contribution in [0.3, 0.4) is 0 Å². The van der Waals surface area contributed by atoms with Crippen LogP contribution >= 0.6 is 11.8 Å². The zero-order valence-electron chi connectivity index (χ0n) is 11.7. The molecule has 1 aliphatic heterocycles. The van der Waals surface area contributed by atoms with Gasteiger partial charge in [-0.25, -0.2) is 4.79 Å². The molecule has 2 atom stereocenters. The fourth-order valence-electron chi connectivity index (χ4n) is 2.33. The number of piperidine rings is 1. The summed E-state index contributed by atoms with van der Waals surface area (Å²) in [4.78, 5) is 24.5. The minimum absolute atomic E-state index is 0.0521. The third-order valence-electron chi connectivity index (χ3n) is 3.39. The van der Waals surface area contributed by atoms with Crippen molar-refractivity contribution >= 4 is 23.8 Å². The Bertz CT molecular complexity index is 312. The fourth-order valence-corrected chi connectivity index (χ4v) is 2.92. The lowest BCUT2D eigenvalue weighted by Gasteiger charge is -2.33. The minimum Gasteiger partial charge on any atom is -0.481 e. The molecule has 0 spiro atoms. The van der Waals surface area contributed by atoms with E-state index in [1.807, 2.05) is 6.92 Å². The molecule has 0 saturated carbocycles. The highest BCUT2D eigenvalue weighted by molar-refractivity contribution is 7.98. The quantitative estimate of drug-likeness (QED) is 0.784. The maximum atomic E-state index is 12.1. The van der Waals surface area contributed by atoms with Crippen molar-refractivity contribution in [1.29, 1.82) is 0 Å². The second kappa shape index (κ2) is 8.30. The largest absolute Gasteiger partial charge is 0.481 e. The number of carbonyl (C=O) groups is 2. The summed E-state index contributed by atoms with van der Waals surface area (Å²) in [5.74, 6) is 0.349. The summed E-state index contributed by atoms with van der Waals surface area (Å²) in [7, 11) is 0. The van der Waals surface area contributed by atoms with Gasteiger partial charge in [0.1, 0.15) is 0 Å². The number of carbonyl (C=O) groups excluding carboxylic acids is 1. The third kappa shape index (κ3) is 6.18. The molecule has 2 N–H and O–H groups in total. The summed E-state index contributed by atoms with van der Waals surface area (Å²) < 4.78 is 0. The molecule has 6 heteroatoms. The van der Waals surface area contributed by atoms with Crippen molar-refractivity contribution in [2.75, 3.05) is 25.1 Å². The van der Waals surface area contributed by atoms with Gasteiger partial charge in [-0.05, 0) is 44.1 Å². The lowest BCUT2D eigenvalue weighted by Crippen LogP contribution is -2.48. The molecule has 1 heterocycles. The fraction of sp³-hybridized carbons (Fsp3) is 0.846. The van der Waals surface area contributed by atoms with Crippen LogP contribution in [0.15, 0.2) is 0 Å². The van der Waals surface area contributed by atoms with Crippen LogP contribution < -0.4 is 5.32 Å². The molecule has 5 nitrogen and oxygen atoms in total.